The molecule has 0 spiro atoms. The van der Waals surface area contributed by atoms with Gasteiger partial charge < -0.3 is 18.8 Å². The Balaban J connectivity index is 1.50. The van der Waals surface area contributed by atoms with Gasteiger partial charge in [0.05, 0.1) is 25.3 Å². The van der Waals surface area contributed by atoms with Gasteiger partial charge in [0.2, 0.25) is 0 Å². The molecule has 1 aromatic heterocycles. The van der Waals surface area contributed by atoms with E-state index in [0.29, 0.717) is 22.2 Å². The Morgan fingerprint density at radius 2 is 1.94 bits per heavy atom. The molecule has 4 rings (SSSR count). The summed E-state index contributed by atoms with van der Waals surface area (Å²) in [4.78, 5) is 2.42. The van der Waals surface area contributed by atoms with Crippen molar-refractivity contribution in [3.63, 3.8) is 0 Å². The molecule has 1 fully saturated rings. The number of rotatable bonds is 9. The van der Waals surface area contributed by atoms with Gasteiger partial charge in [0, 0.05) is 37.3 Å². The van der Waals surface area contributed by atoms with Crippen molar-refractivity contribution in [1.29, 1.82) is 0 Å². The van der Waals surface area contributed by atoms with E-state index in [-0.39, 0.29) is 0 Å². The summed E-state index contributed by atoms with van der Waals surface area (Å²) in [6, 6.07) is 13.4. The quantitative estimate of drug-likeness (QED) is 0.458. The van der Waals surface area contributed by atoms with Gasteiger partial charge in [-0.05, 0) is 49.0 Å². The Kier molecular flexibility index (Phi) is 7.81. The molecular formula is C23H27ClN4O3S. The molecule has 1 saturated heterocycles. The Morgan fingerprint density at radius 1 is 1.12 bits per heavy atom. The summed E-state index contributed by atoms with van der Waals surface area (Å²) >= 11 is 11.7. The average Bonchev–Trinajstić information content (AvgIpc) is 3.19. The van der Waals surface area contributed by atoms with E-state index in [1.807, 2.05) is 36.4 Å². The molecule has 3 aromatic rings. The lowest BCUT2D eigenvalue weighted by Gasteiger charge is -2.26. The summed E-state index contributed by atoms with van der Waals surface area (Å²) < 4.78 is 19.6. The zero-order chi connectivity index (χ0) is 22.3. The molecule has 0 aliphatic carbocycles. The summed E-state index contributed by atoms with van der Waals surface area (Å²) in [5.41, 5.74) is 1.85. The second-order valence-corrected chi connectivity index (χ2v) is 8.35. The summed E-state index contributed by atoms with van der Waals surface area (Å²) in [5, 5.41) is 8.00. The molecule has 7 nitrogen and oxygen atoms in total. The van der Waals surface area contributed by atoms with Crippen LogP contribution in [0.4, 0.5) is 0 Å². The first-order valence-corrected chi connectivity index (χ1v) is 11.4. The van der Waals surface area contributed by atoms with Crippen LogP contribution < -0.4 is 9.47 Å². The summed E-state index contributed by atoms with van der Waals surface area (Å²) in [5.74, 6) is 2.18. The smallest absolute Gasteiger partial charge is 0.195 e. The van der Waals surface area contributed by atoms with E-state index >= 15 is 0 Å². The molecule has 0 saturated carbocycles. The number of H-pyrrole nitrogens is 1. The Morgan fingerprint density at radius 3 is 2.72 bits per heavy atom. The first kappa shape index (κ1) is 22.8. The third kappa shape index (κ3) is 5.50. The van der Waals surface area contributed by atoms with E-state index in [9.17, 15) is 0 Å². The minimum absolute atomic E-state index is 0.322. The van der Waals surface area contributed by atoms with Crippen molar-refractivity contribution in [2.45, 2.75) is 19.6 Å². The van der Waals surface area contributed by atoms with Gasteiger partial charge in [-0.2, -0.15) is 5.10 Å². The fourth-order valence-corrected chi connectivity index (χ4v) is 4.18. The number of aromatic nitrogens is 3. The Labute approximate surface area is 197 Å². The molecule has 0 bridgehead atoms. The van der Waals surface area contributed by atoms with Crippen LogP contribution in [-0.2, 0) is 17.9 Å². The molecule has 9 heteroatoms. The number of halogens is 1. The van der Waals surface area contributed by atoms with Crippen molar-refractivity contribution in [1.82, 2.24) is 19.7 Å². The molecule has 0 unspecified atom stereocenters. The van der Waals surface area contributed by atoms with Crippen molar-refractivity contribution in [2.24, 2.45) is 0 Å². The predicted octanol–water partition coefficient (Wildman–Crippen LogP) is 4.57. The van der Waals surface area contributed by atoms with E-state index in [0.717, 1.165) is 68.5 Å². The lowest BCUT2D eigenvalue weighted by molar-refractivity contribution is 0.0369. The number of para-hydroxylation sites is 1. The number of nitrogens with one attached hydrogen (secondary N) is 1. The number of benzene rings is 2. The van der Waals surface area contributed by atoms with Crippen LogP contribution in [0.3, 0.4) is 0 Å². The number of nitrogens with zero attached hydrogens (tertiary/aromatic N) is 3. The number of aromatic amines is 1. The molecule has 1 aliphatic rings. The summed E-state index contributed by atoms with van der Waals surface area (Å²) in [7, 11) is 1.65. The Bertz CT molecular complexity index is 1090. The third-order valence-electron chi connectivity index (χ3n) is 5.48. The fraction of sp³-hybridized carbons (Fsp3) is 0.391. The Hall–Kier alpha value is -2.39. The topological polar surface area (TPSA) is 64.5 Å². The number of hydrogen-bond acceptors (Lipinski definition) is 6. The van der Waals surface area contributed by atoms with Gasteiger partial charge >= 0.3 is 0 Å². The highest BCUT2D eigenvalue weighted by Gasteiger charge is 2.14. The fourth-order valence-electron chi connectivity index (χ4n) is 3.77. The second-order valence-electron chi connectivity index (χ2n) is 7.56. The van der Waals surface area contributed by atoms with Gasteiger partial charge in [0.25, 0.3) is 0 Å². The number of ether oxygens (including phenoxy) is 3. The molecule has 0 radical (unpaired) electrons. The van der Waals surface area contributed by atoms with Gasteiger partial charge in [0.15, 0.2) is 10.6 Å². The zero-order valence-corrected chi connectivity index (χ0v) is 19.6. The van der Waals surface area contributed by atoms with Crippen LogP contribution in [0.15, 0.2) is 42.5 Å². The van der Waals surface area contributed by atoms with Gasteiger partial charge in [0.1, 0.15) is 18.1 Å². The van der Waals surface area contributed by atoms with Crippen LogP contribution in [0.25, 0.3) is 11.4 Å². The van der Waals surface area contributed by atoms with Gasteiger partial charge in [-0.3, -0.25) is 10.00 Å². The van der Waals surface area contributed by atoms with E-state index < -0.39 is 0 Å². The highest BCUT2D eigenvalue weighted by molar-refractivity contribution is 7.71. The van der Waals surface area contributed by atoms with Gasteiger partial charge in [-0.15, -0.1) is 0 Å². The van der Waals surface area contributed by atoms with E-state index in [4.69, 9.17) is 38.0 Å². The number of morpholine rings is 1. The van der Waals surface area contributed by atoms with Crippen molar-refractivity contribution in [3.8, 4) is 22.9 Å². The predicted molar refractivity (Wildman–Crippen MR) is 127 cm³/mol. The van der Waals surface area contributed by atoms with E-state index in [1.165, 1.54) is 0 Å². The molecule has 32 heavy (non-hydrogen) atoms. The molecule has 2 heterocycles. The zero-order valence-electron chi connectivity index (χ0n) is 18.1. The first-order chi connectivity index (χ1) is 15.7. The van der Waals surface area contributed by atoms with Crippen LogP contribution in [0.5, 0.6) is 11.5 Å². The highest BCUT2D eigenvalue weighted by Crippen LogP contribution is 2.29. The molecule has 1 aliphatic heterocycles. The molecule has 2 aromatic carbocycles. The van der Waals surface area contributed by atoms with Crippen molar-refractivity contribution < 1.29 is 14.2 Å². The standard InChI is InChI=1S/C23H27ClN4O3S/c1-29-20-8-7-17(15-18(20)16-31-21-6-3-2-5-19(21)24)22-25-26-23(32)28(22)10-4-9-27-11-13-30-14-12-27/h2-3,5-8,15H,4,9-14,16H2,1H3,(H,26,32). The number of methoxy groups -OCH3 is 1. The molecule has 0 amide bonds. The lowest BCUT2D eigenvalue weighted by atomic mass is 10.1. The maximum absolute atomic E-state index is 6.22. The lowest BCUT2D eigenvalue weighted by Crippen LogP contribution is -2.37. The van der Waals surface area contributed by atoms with Crippen LogP contribution in [0.1, 0.15) is 12.0 Å². The normalized spacial score (nSPS) is 14.4. The van der Waals surface area contributed by atoms with Crippen molar-refractivity contribution in [3.05, 3.63) is 57.8 Å². The van der Waals surface area contributed by atoms with Crippen molar-refractivity contribution in [2.75, 3.05) is 40.0 Å². The average molecular weight is 475 g/mol. The maximum atomic E-state index is 6.22. The molecule has 1 N–H and O–H groups in total. The molecular weight excluding hydrogens is 448 g/mol. The molecule has 0 atom stereocenters. The van der Waals surface area contributed by atoms with Crippen LogP contribution >= 0.6 is 23.8 Å². The molecule has 170 valence electrons. The SMILES string of the molecule is COc1ccc(-c2n[nH]c(=S)n2CCCN2CCOCC2)cc1COc1ccccc1Cl. The van der Waals surface area contributed by atoms with Crippen LogP contribution in [0.2, 0.25) is 5.02 Å². The maximum Gasteiger partial charge on any atom is 0.195 e. The van der Waals surface area contributed by atoms with Crippen LogP contribution in [0, 0.1) is 4.77 Å². The van der Waals surface area contributed by atoms with Gasteiger partial charge in [-0.25, -0.2) is 0 Å². The minimum atomic E-state index is 0.322. The minimum Gasteiger partial charge on any atom is -0.496 e. The van der Waals surface area contributed by atoms with Crippen LogP contribution in [-0.4, -0.2) is 59.6 Å². The third-order valence-corrected chi connectivity index (χ3v) is 6.10. The highest BCUT2D eigenvalue weighted by atomic mass is 35.5. The summed E-state index contributed by atoms with van der Waals surface area (Å²) in [6.07, 6.45) is 0.986. The summed E-state index contributed by atoms with van der Waals surface area (Å²) in [6.45, 7) is 5.70. The monoisotopic (exact) mass is 474 g/mol. The largest absolute Gasteiger partial charge is 0.496 e. The van der Waals surface area contributed by atoms with Crippen molar-refractivity contribution >= 4 is 23.8 Å². The van der Waals surface area contributed by atoms with Gasteiger partial charge in [-0.1, -0.05) is 23.7 Å². The van der Waals surface area contributed by atoms with E-state index in [2.05, 4.69) is 19.7 Å². The van der Waals surface area contributed by atoms with E-state index in [1.54, 1.807) is 13.2 Å². The number of hydrogen-bond donors (Lipinski definition) is 1. The first-order valence-electron chi connectivity index (χ1n) is 10.7. The second kappa shape index (κ2) is 11.0.